The fraction of sp³-hybridized carbons (Fsp3) is 0.381. The van der Waals surface area contributed by atoms with Crippen LogP contribution in [0.25, 0.3) is 0 Å². The molecule has 0 radical (unpaired) electrons. The molecule has 8 heteroatoms. The summed E-state index contributed by atoms with van der Waals surface area (Å²) in [6, 6.07) is 18.5. The minimum Gasteiger partial charge on any atom is -0.383 e. The van der Waals surface area contributed by atoms with Crippen molar-refractivity contribution in [2.24, 2.45) is 0 Å². The average molecular weight is 413 g/mol. The molecular weight excluding hydrogens is 388 g/mol. The lowest BCUT2D eigenvalue weighted by molar-refractivity contribution is 0.172. The minimum atomic E-state index is -0.0305. The molecule has 1 saturated heterocycles. The van der Waals surface area contributed by atoms with Crippen LogP contribution >= 0.6 is 11.6 Å². The molecular formula is C21H25ClN6O. The number of methoxy groups -OCH3 is 1. The number of rotatable bonds is 7. The van der Waals surface area contributed by atoms with E-state index in [4.69, 9.17) is 16.3 Å². The molecule has 0 N–H and O–H groups in total. The predicted molar refractivity (Wildman–Crippen MR) is 113 cm³/mol. The third kappa shape index (κ3) is 4.58. The second-order valence-electron chi connectivity index (χ2n) is 7.07. The summed E-state index contributed by atoms with van der Waals surface area (Å²) in [5.74, 6) is 0.831. The van der Waals surface area contributed by atoms with Crippen molar-refractivity contribution in [2.75, 3.05) is 44.8 Å². The second kappa shape index (κ2) is 9.35. The van der Waals surface area contributed by atoms with E-state index in [9.17, 15) is 0 Å². The molecule has 0 aliphatic carbocycles. The van der Waals surface area contributed by atoms with Crippen LogP contribution in [-0.2, 0) is 11.3 Å². The van der Waals surface area contributed by atoms with Gasteiger partial charge < -0.3 is 9.64 Å². The number of ether oxygens (including phenoxy) is 1. The number of hydrogen-bond donors (Lipinski definition) is 0. The van der Waals surface area contributed by atoms with Crippen molar-refractivity contribution >= 4 is 17.3 Å². The van der Waals surface area contributed by atoms with E-state index >= 15 is 0 Å². The van der Waals surface area contributed by atoms with Crippen molar-refractivity contribution in [2.45, 2.75) is 12.6 Å². The smallest absolute Gasteiger partial charge is 0.173 e. The number of para-hydroxylation sites is 1. The summed E-state index contributed by atoms with van der Waals surface area (Å²) >= 11 is 6.13. The van der Waals surface area contributed by atoms with Crippen LogP contribution < -0.4 is 4.90 Å². The highest BCUT2D eigenvalue weighted by atomic mass is 35.5. The highest BCUT2D eigenvalue weighted by molar-refractivity contribution is 6.30. The monoisotopic (exact) mass is 412 g/mol. The summed E-state index contributed by atoms with van der Waals surface area (Å²) in [6.45, 7) is 4.92. The summed E-state index contributed by atoms with van der Waals surface area (Å²) in [5, 5.41) is 13.2. The van der Waals surface area contributed by atoms with Gasteiger partial charge in [-0.05, 0) is 40.3 Å². The van der Waals surface area contributed by atoms with Gasteiger partial charge >= 0.3 is 0 Å². The van der Waals surface area contributed by atoms with Crippen LogP contribution in [0.2, 0.25) is 5.02 Å². The maximum absolute atomic E-state index is 6.13. The van der Waals surface area contributed by atoms with Gasteiger partial charge in [-0.2, -0.15) is 0 Å². The van der Waals surface area contributed by atoms with E-state index in [1.54, 1.807) is 7.11 Å². The molecule has 7 nitrogen and oxygen atoms in total. The number of tetrazole rings is 1. The standard InChI is InChI=1S/C21H25ClN6O/c1-29-16-15-28-21(23-24-25-28)20(17-7-9-18(22)10-8-17)27-13-11-26(12-14-27)19-5-3-2-4-6-19/h2-10,20H,11-16H2,1H3. The average Bonchev–Trinajstić information content (AvgIpc) is 3.23. The summed E-state index contributed by atoms with van der Waals surface area (Å²) in [5.41, 5.74) is 2.40. The van der Waals surface area contributed by atoms with Crippen LogP contribution in [-0.4, -0.2) is 65.0 Å². The van der Waals surface area contributed by atoms with Gasteiger partial charge in [0.25, 0.3) is 0 Å². The van der Waals surface area contributed by atoms with Gasteiger partial charge in [0, 0.05) is 44.0 Å². The van der Waals surface area contributed by atoms with E-state index in [-0.39, 0.29) is 6.04 Å². The predicted octanol–water partition coefficient (Wildman–Crippen LogP) is 2.88. The lowest BCUT2D eigenvalue weighted by Gasteiger charge is -2.39. The first kappa shape index (κ1) is 19.8. The number of benzene rings is 2. The van der Waals surface area contributed by atoms with Gasteiger partial charge in [0.2, 0.25) is 0 Å². The van der Waals surface area contributed by atoms with Crippen molar-refractivity contribution in [3.05, 3.63) is 71.0 Å². The van der Waals surface area contributed by atoms with E-state index in [2.05, 4.69) is 67.8 Å². The Morgan fingerprint density at radius 2 is 1.72 bits per heavy atom. The molecule has 0 amide bonds. The quantitative estimate of drug-likeness (QED) is 0.594. The molecule has 2 aromatic carbocycles. The maximum Gasteiger partial charge on any atom is 0.173 e. The molecule has 3 aromatic rings. The molecule has 0 saturated carbocycles. The first-order valence-electron chi connectivity index (χ1n) is 9.81. The van der Waals surface area contributed by atoms with E-state index < -0.39 is 0 Å². The SMILES string of the molecule is COCCn1nnnc1C(c1ccc(Cl)cc1)N1CCN(c2ccccc2)CC1. The number of anilines is 1. The fourth-order valence-corrected chi connectivity index (χ4v) is 3.92. The van der Waals surface area contributed by atoms with Crippen LogP contribution in [0, 0.1) is 0 Å². The number of aromatic nitrogens is 4. The first-order chi connectivity index (χ1) is 14.3. The van der Waals surface area contributed by atoms with E-state index in [0.29, 0.717) is 13.2 Å². The lowest BCUT2D eigenvalue weighted by Crippen LogP contribution is -2.48. The van der Waals surface area contributed by atoms with Gasteiger partial charge in [-0.15, -0.1) is 5.10 Å². The van der Waals surface area contributed by atoms with Gasteiger partial charge in [-0.3, -0.25) is 4.90 Å². The Labute approximate surface area is 175 Å². The van der Waals surface area contributed by atoms with E-state index in [0.717, 1.165) is 42.6 Å². The third-order valence-electron chi connectivity index (χ3n) is 5.30. The topological polar surface area (TPSA) is 59.3 Å². The number of halogens is 1. The van der Waals surface area contributed by atoms with Gasteiger partial charge in [0.15, 0.2) is 5.82 Å². The Bertz CT molecular complexity index is 893. The number of piperazine rings is 1. The molecule has 29 heavy (non-hydrogen) atoms. The molecule has 0 spiro atoms. The van der Waals surface area contributed by atoms with Crippen molar-refractivity contribution in [3.8, 4) is 0 Å². The van der Waals surface area contributed by atoms with Crippen LogP contribution in [0.1, 0.15) is 17.4 Å². The number of hydrogen-bond acceptors (Lipinski definition) is 6. The molecule has 1 atom stereocenters. The Kier molecular flexibility index (Phi) is 6.39. The first-order valence-corrected chi connectivity index (χ1v) is 10.2. The maximum atomic E-state index is 6.13. The van der Waals surface area contributed by atoms with Gasteiger partial charge in [0.1, 0.15) is 0 Å². The van der Waals surface area contributed by atoms with Crippen molar-refractivity contribution in [3.63, 3.8) is 0 Å². The second-order valence-corrected chi connectivity index (χ2v) is 7.50. The molecule has 0 bridgehead atoms. The Morgan fingerprint density at radius 3 is 2.41 bits per heavy atom. The zero-order valence-electron chi connectivity index (χ0n) is 16.5. The van der Waals surface area contributed by atoms with Crippen molar-refractivity contribution in [1.29, 1.82) is 0 Å². The fourth-order valence-electron chi connectivity index (χ4n) is 3.79. The third-order valence-corrected chi connectivity index (χ3v) is 5.55. The molecule has 4 rings (SSSR count). The normalized spacial score (nSPS) is 16.1. The molecule has 1 aromatic heterocycles. The van der Waals surface area contributed by atoms with Crippen LogP contribution in [0.4, 0.5) is 5.69 Å². The molecule has 152 valence electrons. The molecule has 2 heterocycles. The molecule has 1 aliphatic heterocycles. The molecule has 1 aliphatic rings. The van der Waals surface area contributed by atoms with Crippen LogP contribution in [0.5, 0.6) is 0 Å². The lowest BCUT2D eigenvalue weighted by atomic mass is 10.0. The molecule has 1 fully saturated rings. The Morgan fingerprint density at radius 1 is 1.00 bits per heavy atom. The highest BCUT2D eigenvalue weighted by Gasteiger charge is 2.30. The zero-order valence-corrected chi connectivity index (χ0v) is 17.2. The summed E-state index contributed by atoms with van der Waals surface area (Å²) in [7, 11) is 1.68. The van der Waals surface area contributed by atoms with Crippen molar-refractivity contribution in [1.82, 2.24) is 25.1 Å². The Hall–Kier alpha value is -2.48. The van der Waals surface area contributed by atoms with Crippen molar-refractivity contribution < 1.29 is 4.74 Å². The Balaban J connectivity index is 1.58. The van der Waals surface area contributed by atoms with Crippen LogP contribution in [0.3, 0.4) is 0 Å². The molecule has 1 unspecified atom stereocenters. The largest absolute Gasteiger partial charge is 0.383 e. The van der Waals surface area contributed by atoms with E-state index in [1.165, 1.54) is 5.69 Å². The minimum absolute atomic E-state index is 0.0305. The summed E-state index contributed by atoms with van der Waals surface area (Å²) in [4.78, 5) is 4.86. The number of nitrogens with zero attached hydrogens (tertiary/aromatic N) is 6. The summed E-state index contributed by atoms with van der Waals surface area (Å²) in [6.07, 6.45) is 0. The van der Waals surface area contributed by atoms with Crippen LogP contribution in [0.15, 0.2) is 54.6 Å². The van der Waals surface area contributed by atoms with Gasteiger partial charge in [0.05, 0.1) is 19.2 Å². The van der Waals surface area contributed by atoms with Gasteiger partial charge in [-0.25, -0.2) is 4.68 Å². The summed E-state index contributed by atoms with van der Waals surface area (Å²) < 4.78 is 7.07. The highest BCUT2D eigenvalue weighted by Crippen LogP contribution is 2.30. The van der Waals surface area contributed by atoms with E-state index in [1.807, 2.05) is 16.8 Å². The zero-order chi connectivity index (χ0) is 20.1. The van der Waals surface area contributed by atoms with Gasteiger partial charge in [-0.1, -0.05) is 41.9 Å².